The molecule has 1 heterocycles. The van der Waals surface area contributed by atoms with Crippen molar-refractivity contribution in [2.75, 3.05) is 6.54 Å². The van der Waals surface area contributed by atoms with Crippen LogP contribution in [0.25, 0.3) is 0 Å². The van der Waals surface area contributed by atoms with Crippen LogP contribution in [0.4, 0.5) is 4.39 Å². The summed E-state index contributed by atoms with van der Waals surface area (Å²) in [5, 5.41) is 3.35. The standard InChI is InChI=1S/C19H16FNO3S2/c20-16-10-8-14(9-11-16)17(26(23,24)18-7-4-12-25-18)13-21-19(22)15-5-2-1-3-6-15/h1-12,17H,13H2,(H,21,22)/t17-/m0/s1. The van der Waals surface area contributed by atoms with Gasteiger partial charge in [-0.3, -0.25) is 4.79 Å². The second kappa shape index (κ2) is 7.80. The molecule has 0 bridgehead atoms. The molecule has 0 aliphatic heterocycles. The molecule has 1 amide bonds. The zero-order valence-corrected chi connectivity index (χ0v) is 15.3. The highest BCUT2D eigenvalue weighted by atomic mass is 32.2. The summed E-state index contributed by atoms with van der Waals surface area (Å²) >= 11 is 1.11. The molecule has 0 aliphatic rings. The van der Waals surface area contributed by atoms with Crippen LogP contribution in [0.3, 0.4) is 0 Å². The van der Waals surface area contributed by atoms with Crippen LogP contribution in [-0.4, -0.2) is 20.9 Å². The van der Waals surface area contributed by atoms with Gasteiger partial charge in [0.15, 0.2) is 9.84 Å². The molecule has 0 radical (unpaired) electrons. The fourth-order valence-electron chi connectivity index (χ4n) is 2.53. The Morgan fingerprint density at radius 2 is 1.69 bits per heavy atom. The number of thiophene rings is 1. The van der Waals surface area contributed by atoms with Crippen molar-refractivity contribution in [2.45, 2.75) is 9.46 Å². The van der Waals surface area contributed by atoms with E-state index in [0.717, 1.165) is 11.3 Å². The van der Waals surface area contributed by atoms with E-state index in [-0.39, 0.29) is 16.7 Å². The van der Waals surface area contributed by atoms with Gasteiger partial charge in [0, 0.05) is 12.1 Å². The van der Waals surface area contributed by atoms with Gasteiger partial charge in [-0.1, -0.05) is 36.4 Å². The molecule has 1 N–H and O–H groups in total. The van der Waals surface area contributed by atoms with Crippen LogP contribution in [-0.2, 0) is 9.84 Å². The van der Waals surface area contributed by atoms with Gasteiger partial charge in [0.25, 0.3) is 5.91 Å². The summed E-state index contributed by atoms with van der Waals surface area (Å²) < 4.78 is 39.4. The third-order valence-corrected chi connectivity index (χ3v) is 7.41. The number of sulfone groups is 1. The second-order valence-electron chi connectivity index (χ2n) is 5.59. The summed E-state index contributed by atoms with van der Waals surface area (Å²) in [4.78, 5) is 12.3. The van der Waals surface area contributed by atoms with Crippen LogP contribution in [0.15, 0.2) is 76.3 Å². The van der Waals surface area contributed by atoms with Crippen molar-refractivity contribution >= 4 is 27.1 Å². The maximum absolute atomic E-state index is 13.2. The Morgan fingerprint density at radius 1 is 1.00 bits per heavy atom. The molecule has 0 saturated carbocycles. The topological polar surface area (TPSA) is 63.2 Å². The largest absolute Gasteiger partial charge is 0.350 e. The van der Waals surface area contributed by atoms with Gasteiger partial charge >= 0.3 is 0 Å². The number of amides is 1. The molecule has 0 spiro atoms. The van der Waals surface area contributed by atoms with E-state index in [1.54, 1.807) is 41.8 Å². The van der Waals surface area contributed by atoms with Gasteiger partial charge in [0.2, 0.25) is 0 Å². The van der Waals surface area contributed by atoms with E-state index < -0.39 is 20.9 Å². The molecule has 7 heteroatoms. The summed E-state index contributed by atoms with van der Waals surface area (Å²) in [7, 11) is -3.72. The van der Waals surface area contributed by atoms with Gasteiger partial charge < -0.3 is 5.32 Å². The van der Waals surface area contributed by atoms with Crippen LogP contribution in [0.5, 0.6) is 0 Å². The summed E-state index contributed by atoms with van der Waals surface area (Å²) in [5.41, 5.74) is 0.868. The number of halogens is 1. The van der Waals surface area contributed by atoms with Gasteiger partial charge in [-0.15, -0.1) is 11.3 Å². The van der Waals surface area contributed by atoms with Gasteiger partial charge in [-0.2, -0.15) is 0 Å². The molecule has 134 valence electrons. The maximum atomic E-state index is 13.2. The number of nitrogens with one attached hydrogen (secondary N) is 1. The maximum Gasteiger partial charge on any atom is 0.251 e. The van der Waals surface area contributed by atoms with Crippen molar-refractivity contribution in [3.05, 3.63) is 89.1 Å². The fraction of sp³-hybridized carbons (Fsp3) is 0.105. The van der Waals surface area contributed by atoms with Crippen molar-refractivity contribution in [3.63, 3.8) is 0 Å². The van der Waals surface area contributed by atoms with E-state index in [1.807, 2.05) is 0 Å². The number of carbonyl (C=O) groups is 1. The van der Waals surface area contributed by atoms with Gasteiger partial charge in [0.05, 0.1) is 0 Å². The molecule has 3 rings (SSSR count). The molecule has 3 aromatic rings. The Balaban J connectivity index is 1.89. The molecule has 26 heavy (non-hydrogen) atoms. The molecule has 0 unspecified atom stereocenters. The van der Waals surface area contributed by atoms with Crippen LogP contribution >= 0.6 is 11.3 Å². The first-order valence-electron chi connectivity index (χ1n) is 7.84. The van der Waals surface area contributed by atoms with Crippen LogP contribution in [0, 0.1) is 5.82 Å². The minimum Gasteiger partial charge on any atom is -0.350 e. The highest BCUT2D eigenvalue weighted by molar-refractivity contribution is 7.93. The average Bonchev–Trinajstić information content (AvgIpc) is 3.19. The second-order valence-corrected chi connectivity index (χ2v) is 8.90. The lowest BCUT2D eigenvalue weighted by Gasteiger charge is -2.18. The van der Waals surface area contributed by atoms with Crippen molar-refractivity contribution in [1.29, 1.82) is 0 Å². The zero-order chi connectivity index (χ0) is 18.6. The molecular formula is C19H16FNO3S2. The van der Waals surface area contributed by atoms with E-state index in [9.17, 15) is 17.6 Å². The Morgan fingerprint density at radius 3 is 2.31 bits per heavy atom. The van der Waals surface area contributed by atoms with Crippen LogP contribution in [0.2, 0.25) is 0 Å². The first kappa shape index (κ1) is 18.3. The molecule has 4 nitrogen and oxygen atoms in total. The normalized spacial score (nSPS) is 12.5. The molecular weight excluding hydrogens is 373 g/mol. The number of benzene rings is 2. The van der Waals surface area contributed by atoms with Crippen LogP contribution in [0.1, 0.15) is 21.2 Å². The highest BCUT2D eigenvalue weighted by Crippen LogP contribution is 2.31. The van der Waals surface area contributed by atoms with Crippen LogP contribution < -0.4 is 5.32 Å². The third kappa shape index (κ3) is 4.00. The first-order chi connectivity index (χ1) is 12.5. The fourth-order valence-corrected chi connectivity index (χ4v) is 5.39. The lowest BCUT2D eigenvalue weighted by molar-refractivity contribution is 0.0953. The molecule has 2 aromatic carbocycles. The molecule has 0 aliphatic carbocycles. The Labute approximate surface area is 155 Å². The molecule has 0 fully saturated rings. The lowest BCUT2D eigenvalue weighted by Crippen LogP contribution is -2.31. The van der Waals surface area contributed by atoms with E-state index >= 15 is 0 Å². The van der Waals surface area contributed by atoms with E-state index in [1.165, 1.54) is 30.3 Å². The summed E-state index contributed by atoms with van der Waals surface area (Å²) in [6.07, 6.45) is 0. The summed E-state index contributed by atoms with van der Waals surface area (Å²) in [5.74, 6) is -0.812. The quantitative estimate of drug-likeness (QED) is 0.697. The summed E-state index contributed by atoms with van der Waals surface area (Å²) in [6.45, 7) is -0.112. The van der Waals surface area contributed by atoms with Crippen molar-refractivity contribution < 1.29 is 17.6 Å². The van der Waals surface area contributed by atoms with Crippen molar-refractivity contribution in [2.24, 2.45) is 0 Å². The molecule has 1 atom stereocenters. The molecule has 1 aromatic heterocycles. The predicted molar refractivity (Wildman–Crippen MR) is 99.4 cm³/mol. The molecule has 0 saturated heterocycles. The number of carbonyl (C=O) groups excluding carboxylic acids is 1. The Hall–Kier alpha value is -2.51. The third-order valence-electron chi connectivity index (χ3n) is 3.88. The minimum atomic E-state index is -3.72. The van der Waals surface area contributed by atoms with Gasteiger partial charge in [-0.05, 0) is 41.3 Å². The monoisotopic (exact) mass is 389 g/mol. The Kier molecular flexibility index (Phi) is 5.49. The highest BCUT2D eigenvalue weighted by Gasteiger charge is 2.30. The van der Waals surface area contributed by atoms with Crippen molar-refractivity contribution in [3.8, 4) is 0 Å². The predicted octanol–water partition coefficient (Wildman–Crippen LogP) is 3.83. The van der Waals surface area contributed by atoms with Crippen molar-refractivity contribution in [1.82, 2.24) is 5.32 Å². The SMILES string of the molecule is O=C(NC[C@@H](c1ccc(F)cc1)S(=O)(=O)c1cccs1)c1ccccc1. The number of hydrogen-bond acceptors (Lipinski definition) is 4. The van der Waals surface area contributed by atoms with Gasteiger partial charge in [0.1, 0.15) is 15.3 Å². The summed E-state index contributed by atoms with van der Waals surface area (Å²) in [6, 6.07) is 17.0. The number of hydrogen-bond donors (Lipinski definition) is 1. The average molecular weight is 389 g/mol. The Bertz CT molecular complexity index is 969. The minimum absolute atomic E-state index is 0.112. The van der Waals surface area contributed by atoms with E-state index in [2.05, 4.69) is 5.32 Å². The number of rotatable bonds is 6. The lowest BCUT2D eigenvalue weighted by atomic mass is 10.1. The smallest absolute Gasteiger partial charge is 0.251 e. The van der Waals surface area contributed by atoms with Gasteiger partial charge in [-0.25, -0.2) is 12.8 Å². The van der Waals surface area contributed by atoms with E-state index in [4.69, 9.17) is 0 Å². The first-order valence-corrected chi connectivity index (χ1v) is 10.3. The zero-order valence-electron chi connectivity index (χ0n) is 13.6. The van der Waals surface area contributed by atoms with E-state index in [0.29, 0.717) is 11.1 Å².